The average molecular weight is 299 g/mol. The molecule has 2 rings (SSSR count). The van der Waals surface area contributed by atoms with Crippen molar-refractivity contribution in [1.82, 2.24) is 0 Å². The van der Waals surface area contributed by atoms with Crippen LogP contribution in [-0.4, -0.2) is 30.5 Å². The molecule has 0 saturated carbocycles. The second kappa shape index (κ2) is 6.76. The third-order valence-corrected chi connectivity index (χ3v) is 3.07. The van der Waals surface area contributed by atoms with Crippen LogP contribution in [0.3, 0.4) is 0 Å². The number of methoxy groups -OCH3 is 1. The van der Waals surface area contributed by atoms with E-state index >= 15 is 0 Å². The fourth-order valence-corrected chi connectivity index (χ4v) is 2.01. The number of aliphatic hydroxyl groups excluding tert-OH is 1. The van der Waals surface area contributed by atoms with E-state index in [2.05, 4.69) is 16.3 Å². The maximum atomic E-state index is 11.6. The van der Waals surface area contributed by atoms with Gasteiger partial charge in [0, 0.05) is 0 Å². The van der Waals surface area contributed by atoms with Gasteiger partial charge in [-0.3, -0.25) is 0 Å². The van der Waals surface area contributed by atoms with E-state index in [1.165, 1.54) is 7.11 Å². The molecule has 0 aliphatic carbocycles. The minimum absolute atomic E-state index is 0.0969. The molecule has 1 aliphatic rings. The number of ether oxygens (including phenoxy) is 2. The van der Waals surface area contributed by atoms with Gasteiger partial charge in [-0.25, -0.2) is 9.79 Å². The molecule has 114 valence electrons. The first kappa shape index (κ1) is 15.6. The van der Waals surface area contributed by atoms with Gasteiger partial charge in [0.1, 0.15) is 23.6 Å². The summed E-state index contributed by atoms with van der Waals surface area (Å²) < 4.78 is 10.0. The van der Waals surface area contributed by atoms with Crippen molar-refractivity contribution in [3.05, 3.63) is 59.5 Å². The molecule has 1 aliphatic heterocycles. The summed E-state index contributed by atoms with van der Waals surface area (Å²) >= 11 is 0. The van der Waals surface area contributed by atoms with Crippen molar-refractivity contribution in [3.63, 3.8) is 0 Å². The fourth-order valence-electron chi connectivity index (χ4n) is 2.01. The maximum Gasteiger partial charge on any atom is 0.343 e. The van der Waals surface area contributed by atoms with E-state index in [9.17, 15) is 9.90 Å². The second-order valence-corrected chi connectivity index (χ2v) is 4.61. The predicted molar refractivity (Wildman–Crippen MR) is 84.9 cm³/mol. The Bertz CT molecular complexity index is 681. The lowest BCUT2D eigenvalue weighted by molar-refractivity contribution is -0.135. The molecular formula is C17H17NO4. The first-order chi connectivity index (χ1) is 10.6. The third-order valence-electron chi connectivity index (χ3n) is 3.07. The Balaban J connectivity index is 2.25. The largest absolute Gasteiger partial charge is 0.505 e. The van der Waals surface area contributed by atoms with Gasteiger partial charge in [0.15, 0.2) is 5.76 Å². The van der Waals surface area contributed by atoms with E-state index in [0.29, 0.717) is 18.0 Å². The Morgan fingerprint density at radius 3 is 2.64 bits per heavy atom. The quantitative estimate of drug-likeness (QED) is 0.670. The lowest BCUT2D eigenvalue weighted by Crippen LogP contribution is -2.11. The summed E-state index contributed by atoms with van der Waals surface area (Å²) in [5.41, 5.74) is 1.69. The minimum atomic E-state index is -0.602. The zero-order valence-corrected chi connectivity index (χ0v) is 12.5. The van der Waals surface area contributed by atoms with Gasteiger partial charge < -0.3 is 14.6 Å². The van der Waals surface area contributed by atoms with Crippen molar-refractivity contribution in [2.24, 2.45) is 4.99 Å². The van der Waals surface area contributed by atoms with Crippen LogP contribution in [0, 0.1) is 0 Å². The Labute approximate surface area is 128 Å². The molecule has 0 amide bonds. The Kier molecular flexibility index (Phi) is 4.78. The molecule has 0 fully saturated rings. The molecule has 0 radical (unpaired) electrons. The molecule has 1 aromatic carbocycles. The van der Waals surface area contributed by atoms with Crippen LogP contribution in [0.4, 0.5) is 0 Å². The van der Waals surface area contributed by atoms with Crippen molar-refractivity contribution in [3.8, 4) is 5.75 Å². The summed E-state index contributed by atoms with van der Waals surface area (Å²) in [5.74, 6) is -0.0465. The molecule has 5 heteroatoms. The van der Waals surface area contributed by atoms with Gasteiger partial charge in [0.2, 0.25) is 0 Å². The van der Waals surface area contributed by atoms with E-state index in [1.807, 2.05) is 24.3 Å². The van der Waals surface area contributed by atoms with Crippen LogP contribution < -0.4 is 4.74 Å². The number of aliphatic hydroxyl groups is 1. The number of esters is 1. The van der Waals surface area contributed by atoms with Crippen molar-refractivity contribution in [2.75, 3.05) is 13.7 Å². The van der Waals surface area contributed by atoms with E-state index < -0.39 is 5.97 Å². The van der Waals surface area contributed by atoms with Crippen LogP contribution >= 0.6 is 0 Å². The molecule has 1 heterocycles. The molecule has 0 unspecified atom stereocenters. The van der Waals surface area contributed by atoms with Crippen LogP contribution in [0.1, 0.15) is 12.5 Å². The highest BCUT2D eigenvalue weighted by Gasteiger charge is 2.27. The number of hydrogen-bond acceptors (Lipinski definition) is 5. The number of rotatable bonds is 5. The highest BCUT2D eigenvalue weighted by atomic mass is 16.5. The summed E-state index contributed by atoms with van der Waals surface area (Å²) in [6, 6.07) is 7.28. The molecule has 5 nitrogen and oxygen atoms in total. The Morgan fingerprint density at radius 1 is 1.36 bits per heavy atom. The lowest BCUT2D eigenvalue weighted by Gasteiger charge is -2.03. The molecule has 22 heavy (non-hydrogen) atoms. The van der Waals surface area contributed by atoms with Crippen molar-refractivity contribution < 1.29 is 19.4 Å². The normalized spacial score (nSPS) is 15.7. The van der Waals surface area contributed by atoms with Crippen LogP contribution in [0.2, 0.25) is 0 Å². The van der Waals surface area contributed by atoms with Gasteiger partial charge >= 0.3 is 5.97 Å². The highest BCUT2D eigenvalue weighted by molar-refractivity contribution is 6.21. The van der Waals surface area contributed by atoms with E-state index in [-0.39, 0.29) is 11.3 Å². The van der Waals surface area contributed by atoms with Crippen LogP contribution in [0.15, 0.2) is 58.9 Å². The average Bonchev–Trinajstić information content (AvgIpc) is 2.80. The Hall–Kier alpha value is -2.82. The number of aliphatic imine (C=N–C) groups is 1. The first-order valence-electron chi connectivity index (χ1n) is 6.70. The molecular weight excluding hydrogens is 282 g/mol. The fraction of sp³-hybridized carbons (Fsp3) is 0.176. The molecule has 1 aromatic rings. The first-order valence-corrected chi connectivity index (χ1v) is 6.70. The molecule has 0 saturated heterocycles. The van der Waals surface area contributed by atoms with Crippen molar-refractivity contribution in [1.29, 1.82) is 0 Å². The summed E-state index contributed by atoms with van der Waals surface area (Å²) in [6.07, 6.45) is 3.36. The zero-order valence-electron chi connectivity index (χ0n) is 12.5. The van der Waals surface area contributed by atoms with Crippen molar-refractivity contribution in [2.45, 2.75) is 6.92 Å². The van der Waals surface area contributed by atoms with Gasteiger partial charge in [-0.05, 0) is 30.7 Å². The topological polar surface area (TPSA) is 68.1 Å². The maximum absolute atomic E-state index is 11.6. The predicted octanol–water partition coefficient (Wildman–Crippen LogP) is 3.05. The van der Waals surface area contributed by atoms with Gasteiger partial charge in [-0.2, -0.15) is 0 Å². The molecule has 1 N–H and O–H groups in total. The van der Waals surface area contributed by atoms with Gasteiger partial charge in [0.25, 0.3) is 0 Å². The number of carbonyl (C=O) groups is 1. The molecule has 0 bridgehead atoms. The van der Waals surface area contributed by atoms with Crippen LogP contribution in [0.5, 0.6) is 5.75 Å². The van der Waals surface area contributed by atoms with E-state index in [1.54, 1.807) is 19.1 Å². The molecule has 0 aromatic heterocycles. The number of hydrogen-bond donors (Lipinski definition) is 1. The third kappa shape index (κ3) is 3.25. The van der Waals surface area contributed by atoms with Crippen molar-refractivity contribution >= 4 is 17.8 Å². The number of benzene rings is 1. The van der Waals surface area contributed by atoms with E-state index in [4.69, 9.17) is 4.74 Å². The SMILES string of the molecule is C=CCOc1ccc(/C=C2\N=C(C)C(C(=O)OC)=C2O)cc1. The summed E-state index contributed by atoms with van der Waals surface area (Å²) in [6.45, 7) is 5.67. The molecule has 0 atom stereocenters. The minimum Gasteiger partial charge on any atom is -0.505 e. The number of nitrogens with zero attached hydrogens (tertiary/aromatic N) is 1. The summed E-state index contributed by atoms with van der Waals surface area (Å²) in [7, 11) is 1.26. The van der Waals surface area contributed by atoms with Crippen LogP contribution in [0.25, 0.3) is 6.08 Å². The summed E-state index contributed by atoms with van der Waals surface area (Å²) in [5, 5.41) is 10.1. The Morgan fingerprint density at radius 2 is 2.05 bits per heavy atom. The van der Waals surface area contributed by atoms with Gasteiger partial charge in [0.05, 0.1) is 12.8 Å². The van der Waals surface area contributed by atoms with Gasteiger partial charge in [-0.1, -0.05) is 24.8 Å². The number of carbonyl (C=O) groups excluding carboxylic acids is 1. The lowest BCUT2D eigenvalue weighted by atomic mass is 10.1. The summed E-state index contributed by atoms with van der Waals surface area (Å²) in [4.78, 5) is 15.8. The van der Waals surface area contributed by atoms with Gasteiger partial charge in [-0.15, -0.1) is 0 Å². The smallest absolute Gasteiger partial charge is 0.343 e. The molecule has 0 spiro atoms. The van der Waals surface area contributed by atoms with E-state index in [0.717, 1.165) is 11.3 Å². The van der Waals surface area contributed by atoms with Crippen LogP contribution in [-0.2, 0) is 9.53 Å². The highest BCUT2D eigenvalue weighted by Crippen LogP contribution is 2.26. The monoisotopic (exact) mass is 299 g/mol. The second-order valence-electron chi connectivity index (χ2n) is 4.61. The standard InChI is InChI=1S/C17H17NO4/c1-4-9-22-13-7-5-12(6-8-13)10-14-16(19)15(11(2)18-14)17(20)21-3/h4-8,10,19H,1,9H2,2-3H3/b14-10-. The zero-order chi connectivity index (χ0) is 16.1.